The molecule has 0 amide bonds. The van der Waals surface area contributed by atoms with E-state index >= 15 is 0 Å². The van der Waals surface area contributed by atoms with Crippen LogP contribution in [-0.4, -0.2) is 35.2 Å². The number of carbonyl (C=O) groups is 1. The Balaban J connectivity index is 0.000000252. The summed E-state index contributed by atoms with van der Waals surface area (Å²) < 4.78 is 2.37. The molecule has 3 aromatic carbocycles. The zero-order valence-corrected chi connectivity index (χ0v) is 32.2. The topological polar surface area (TPSA) is 93.3 Å². The summed E-state index contributed by atoms with van der Waals surface area (Å²) in [6.07, 6.45) is 9.43. The molecule has 1 radical (unpaired) electrons. The molecule has 0 spiro atoms. The van der Waals surface area contributed by atoms with Gasteiger partial charge in [0, 0.05) is 65.5 Å². The summed E-state index contributed by atoms with van der Waals surface area (Å²) in [5.41, 5.74) is 7.72. The van der Waals surface area contributed by atoms with Gasteiger partial charge in [-0.2, -0.15) is 0 Å². The first kappa shape index (κ1) is 36.3. The number of allylic oxidation sites excluding steroid dienone is 2. The summed E-state index contributed by atoms with van der Waals surface area (Å²) in [7, 11) is 0. The number of aliphatic hydroxyl groups excluding tert-OH is 1. The molecule has 0 bridgehead atoms. The maximum Gasteiger partial charge on any atom is 0.162 e. The molecule has 7 rings (SSSR count). The van der Waals surface area contributed by atoms with E-state index in [4.69, 9.17) is 9.97 Å². The SMILES string of the molecule is CCC(CC)C(=O)/C=C(\O)C(CC)CC.Cc1ncc2[c-]c3c4ncnc5cc(CC(C)(C)C)cc(c54)n4c5ccccc5c(c2n1)c34.[Ir]. The fourth-order valence-electron chi connectivity index (χ4n) is 7.17. The van der Waals surface area contributed by atoms with Crippen molar-refractivity contribution in [2.24, 2.45) is 17.3 Å². The number of carbonyl (C=O) groups excluding carboxylic acids is 1. The first-order valence-electron chi connectivity index (χ1n) is 17.3. The molecule has 8 heteroatoms. The summed E-state index contributed by atoms with van der Waals surface area (Å²) in [5.74, 6) is 1.31. The van der Waals surface area contributed by atoms with Crippen molar-refractivity contribution in [2.75, 3.05) is 0 Å². The maximum absolute atomic E-state index is 11.7. The number of aromatic nitrogens is 5. The molecule has 0 aliphatic heterocycles. The molecular formula is C41H46IrN5O2-. The minimum atomic E-state index is 0. The minimum Gasteiger partial charge on any atom is -0.512 e. The zero-order chi connectivity index (χ0) is 34.3. The van der Waals surface area contributed by atoms with Crippen molar-refractivity contribution in [2.45, 2.75) is 87.5 Å². The van der Waals surface area contributed by atoms with Gasteiger partial charge in [-0.25, -0.2) is 4.98 Å². The third-order valence-electron chi connectivity index (χ3n) is 9.59. The number of fused-ring (bicyclic) bond motifs is 7. The van der Waals surface area contributed by atoms with Gasteiger partial charge in [-0.1, -0.05) is 77.4 Å². The van der Waals surface area contributed by atoms with Crippen LogP contribution in [0.1, 0.15) is 85.5 Å². The number of aliphatic hydroxyl groups is 1. The van der Waals surface area contributed by atoms with Gasteiger partial charge in [-0.15, -0.1) is 6.07 Å². The summed E-state index contributed by atoms with van der Waals surface area (Å²) in [6.45, 7) is 16.8. The van der Waals surface area contributed by atoms with Crippen molar-refractivity contribution in [3.8, 4) is 0 Å². The van der Waals surface area contributed by atoms with Gasteiger partial charge in [0.25, 0.3) is 0 Å². The van der Waals surface area contributed by atoms with Gasteiger partial charge in [0.05, 0.1) is 11.3 Å². The summed E-state index contributed by atoms with van der Waals surface area (Å²) >= 11 is 0. The number of nitrogens with zero attached hydrogens (tertiary/aromatic N) is 5. The number of para-hydroxylation sites is 1. The van der Waals surface area contributed by atoms with E-state index in [0.29, 0.717) is 0 Å². The molecule has 0 fully saturated rings. The Morgan fingerprint density at radius 1 is 0.918 bits per heavy atom. The molecule has 7 aromatic rings. The molecule has 7 nitrogen and oxygen atoms in total. The van der Waals surface area contributed by atoms with Crippen LogP contribution in [-0.2, 0) is 31.3 Å². The van der Waals surface area contributed by atoms with Gasteiger partial charge >= 0.3 is 0 Å². The van der Waals surface area contributed by atoms with Gasteiger partial charge in [-0.05, 0) is 90.7 Å². The van der Waals surface area contributed by atoms with E-state index in [9.17, 15) is 9.90 Å². The first-order chi connectivity index (χ1) is 23.0. The average Bonchev–Trinajstić information content (AvgIpc) is 3.40. The Bertz CT molecular complexity index is 2310. The molecule has 0 aliphatic rings. The van der Waals surface area contributed by atoms with Crippen LogP contribution < -0.4 is 0 Å². The van der Waals surface area contributed by atoms with Crippen LogP contribution >= 0.6 is 0 Å². The monoisotopic (exact) mass is 833 g/mol. The Hall–Kier alpha value is -4.00. The number of ketones is 1. The van der Waals surface area contributed by atoms with E-state index in [2.05, 4.69) is 77.6 Å². The number of rotatable bonds is 8. The molecule has 1 N–H and O–H groups in total. The van der Waals surface area contributed by atoms with Crippen molar-refractivity contribution in [1.82, 2.24) is 24.3 Å². The third-order valence-corrected chi connectivity index (χ3v) is 9.59. The van der Waals surface area contributed by atoms with Gasteiger partial charge < -0.3 is 9.51 Å². The molecule has 0 unspecified atom stereocenters. The van der Waals surface area contributed by atoms with Crippen LogP contribution in [0.2, 0.25) is 0 Å². The molecule has 49 heavy (non-hydrogen) atoms. The van der Waals surface area contributed by atoms with Crippen LogP contribution in [0.15, 0.2) is 60.8 Å². The predicted molar refractivity (Wildman–Crippen MR) is 198 cm³/mol. The quantitative estimate of drug-likeness (QED) is 0.0539. The molecule has 257 valence electrons. The molecule has 4 heterocycles. The van der Waals surface area contributed by atoms with Crippen LogP contribution in [0.4, 0.5) is 0 Å². The molecule has 0 saturated carbocycles. The van der Waals surface area contributed by atoms with Crippen molar-refractivity contribution < 1.29 is 30.0 Å². The van der Waals surface area contributed by atoms with E-state index in [1.807, 2.05) is 40.8 Å². The van der Waals surface area contributed by atoms with Crippen LogP contribution in [0.25, 0.3) is 60.0 Å². The average molecular weight is 833 g/mol. The number of hydrogen-bond donors (Lipinski definition) is 1. The van der Waals surface area contributed by atoms with E-state index in [1.165, 1.54) is 17.0 Å². The fourth-order valence-corrected chi connectivity index (χ4v) is 7.17. The van der Waals surface area contributed by atoms with E-state index < -0.39 is 0 Å². The fraction of sp³-hybridized carbons (Fsp3) is 0.390. The summed E-state index contributed by atoms with van der Waals surface area (Å²) in [4.78, 5) is 30.5. The Morgan fingerprint density at radius 2 is 1.61 bits per heavy atom. The molecule has 0 atom stereocenters. The van der Waals surface area contributed by atoms with Crippen LogP contribution in [0.5, 0.6) is 0 Å². The summed E-state index contributed by atoms with van der Waals surface area (Å²) in [6, 6.07) is 16.7. The second-order valence-corrected chi connectivity index (χ2v) is 14.2. The zero-order valence-electron chi connectivity index (χ0n) is 29.8. The largest absolute Gasteiger partial charge is 0.512 e. The minimum absolute atomic E-state index is 0. The van der Waals surface area contributed by atoms with Crippen LogP contribution in [0.3, 0.4) is 0 Å². The number of aryl methyl sites for hydroxylation is 1. The normalized spacial score (nSPS) is 12.6. The smallest absolute Gasteiger partial charge is 0.162 e. The molecular weight excluding hydrogens is 787 g/mol. The van der Waals surface area contributed by atoms with Crippen molar-refractivity contribution in [3.05, 3.63) is 78.2 Å². The van der Waals surface area contributed by atoms with Gasteiger partial charge in [0.2, 0.25) is 0 Å². The second kappa shape index (κ2) is 14.5. The third kappa shape index (κ3) is 6.78. The van der Waals surface area contributed by atoms with Gasteiger partial charge in [-0.3, -0.25) is 19.7 Å². The predicted octanol–water partition coefficient (Wildman–Crippen LogP) is 10.3. The molecule has 4 aromatic heterocycles. The van der Waals surface area contributed by atoms with Crippen molar-refractivity contribution in [3.63, 3.8) is 0 Å². The second-order valence-electron chi connectivity index (χ2n) is 14.2. The maximum atomic E-state index is 11.7. The van der Waals surface area contributed by atoms with Gasteiger partial charge in [0.15, 0.2) is 5.78 Å². The van der Waals surface area contributed by atoms with Crippen molar-refractivity contribution in [1.29, 1.82) is 0 Å². The van der Waals surface area contributed by atoms with Crippen molar-refractivity contribution >= 4 is 65.8 Å². The van der Waals surface area contributed by atoms with E-state index in [1.54, 1.807) is 6.33 Å². The first-order valence-corrected chi connectivity index (χ1v) is 17.3. The number of benzene rings is 3. The summed E-state index contributed by atoms with van der Waals surface area (Å²) in [5, 5.41) is 15.1. The molecule has 0 saturated heterocycles. The Kier molecular flexibility index (Phi) is 10.7. The van der Waals surface area contributed by atoms with E-state index in [-0.39, 0.29) is 48.9 Å². The Labute approximate surface area is 301 Å². The Morgan fingerprint density at radius 3 is 2.29 bits per heavy atom. The van der Waals surface area contributed by atoms with Gasteiger partial charge in [0.1, 0.15) is 12.2 Å². The number of hydrogen-bond acceptors (Lipinski definition) is 6. The number of pyridine rings is 1. The van der Waals surface area contributed by atoms with E-state index in [0.717, 1.165) is 92.6 Å². The molecule has 0 aliphatic carbocycles. The standard InChI is InChI=1S/C28H22N5.C13H24O2.Ir/c1-15-29-13-17-11-19-26-24-20(30-14-31-26)9-16(12-28(2,3)4)10-22(24)33-21-8-6-5-7-18(21)23(27(19)33)25(17)32-15;1-5-10(6-2)12(14)9-13(15)11(7-3)8-4;/h5-10,13-14H,12H2,1-4H3;9-11,14H,5-8H2,1-4H3;/q-1;;/b;12-9-;. The van der Waals surface area contributed by atoms with Crippen LogP contribution in [0, 0.1) is 30.2 Å².